The highest BCUT2D eigenvalue weighted by atomic mass is 19.4. The maximum atomic E-state index is 15.1. The minimum atomic E-state index is -4.71. The zero-order valence-corrected chi connectivity index (χ0v) is 36.7. The van der Waals surface area contributed by atoms with E-state index in [1.807, 2.05) is 166 Å². The summed E-state index contributed by atoms with van der Waals surface area (Å²) >= 11 is 0. The lowest BCUT2D eigenvalue weighted by Crippen LogP contribution is -2.30. The molecule has 9 aromatic carbocycles. The summed E-state index contributed by atoms with van der Waals surface area (Å²) in [4.78, 5) is 0. The van der Waals surface area contributed by atoms with Crippen LogP contribution >= 0.6 is 0 Å². The third kappa shape index (κ3) is 6.21. The van der Waals surface area contributed by atoms with Gasteiger partial charge in [-0.15, -0.1) is 0 Å². The van der Waals surface area contributed by atoms with Crippen LogP contribution in [0.3, 0.4) is 0 Å². The molecule has 0 saturated carbocycles. The molecule has 332 valence electrons. The van der Waals surface area contributed by atoms with Gasteiger partial charge in [-0.3, -0.25) is 0 Å². The third-order valence-electron chi connectivity index (χ3n) is 13.6. The number of nitrogens with zero attached hydrogens (tertiary/aromatic N) is 3. The average molecular weight is 904 g/mol. The van der Waals surface area contributed by atoms with Gasteiger partial charge >= 0.3 is 12.4 Å². The summed E-state index contributed by atoms with van der Waals surface area (Å²) in [6.45, 7) is 4.06. The van der Waals surface area contributed by atoms with E-state index < -0.39 is 29.0 Å². The fourth-order valence-electron chi connectivity index (χ4n) is 10.9. The van der Waals surface area contributed by atoms with E-state index in [-0.39, 0.29) is 11.1 Å². The molecule has 12 aromatic rings. The highest BCUT2D eigenvalue weighted by Gasteiger charge is 2.39. The van der Waals surface area contributed by atoms with Gasteiger partial charge in [-0.05, 0) is 97.3 Å². The molecule has 0 aliphatic rings. The van der Waals surface area contributed by atoms with Gasteiger partial charge in [0.05, 0.1) is 50.1 Å². The minimum absolute atomic E-state index is 0.252. The fourth-order valence-corrected chi connectivity index (χ4v) is 10.9. The molecular formula is C59H39F6N3. The topological polar surface area (TPSA) is 14.8 Å². The first-order valence-corrected chi connectivity index (χ1v) is 22.3. The molecule has 3 aromatic heterocycles. The molecular weight excluding hydrogens is 865 g/mol. The highest BCUT2D eigenvalue weighted by Crippen LogP contribution is 2.53. The maximum Gasteiger partial charge on any atom is 0.416 e. The van der Waals surface area contributed by atoms with Crippen LogP contribution in [0, 0.1) is 0 Å². The summed E-state index contributed by atoms with van der Waals surface area (Å²) in [6, 6.07) is 60.4. The molecule has 9 heteroatoms. The number of benzene rings is 9. The maximum absolute atomic E-state index is 15.1. The highest BCUT2D eigenvalue weighted by molar-refractivity contribution is 6.13. The van der Waals surface area contributed by atoms with Crippen LogP contribution in [0.15, 0.2) is 200 Å². The standard InChI is InChI=1S/C59H39F6N3/c1-57(2,68-50-31-13-7-25-44(50)45-26-8-14-32-51(45)68)56-54(36-17-15-19-38(33-36)58(60,61)62)52(66-46-27-9-3-21-40(46)41-22-4-10-28-47(41)66)35-53(55(56)37-18-16-20-39(34-37)59(63,64)65)67-48-29-11-5-23-42(48)43-24-6-12-30-49(43)67/h3-35H,1-2H3. The number of halogens is 6. The Labute approximate surface area is 386 Å². The van der Waals surface area contributed by atoms with Crippen molar-refractivity contribution in [1.82, 2.24) is 13.7 Å². The lowest BCUT2D eigenvalue weighted by molar-refractivity contribution is -0.138. The van der Waals surface area contributed by atoms with Gasteiger partial charge in [-0.1, -0.05) is 133 Å². The van der Waals surface area contributed by atoms with Gasteiger partial charge in [0.1, 0.15) is 0 Å². The quantitative estimate of drug-likeness (QED) is 0.148. The number of alkyl halides is 6. The molecule has 0 fully saturated rings. The zero-order chi connectivity index (χ0) is 46.7. The van der Waals surface area contributed by atoms with Crippen LogP contribution in [0.25, 0.3) is 99.0 Å². The van der Waals surface area contributed by atoms with Crippen LogP contribution < -0.4 is 0 Å². The summed E-state index contributed by atoms with van der Waals surface area (Å²) in [7, 11) is 0. The number of aromatic nitrogens is 3. The molecule has 0 bridgehead atoms. The summed E-state index contributed by atoms with van der Waals surface area (Å²) in [6.07, 6.45) is -9.42. The Bertz CT molecular complexity index is 3640. The number of para-hydroxylation sites is 6. The van der Waals surface area contributed by atoms with Gasteiger partial charge in [-0.25, -0.2) is 0 Å². The Kier molecular flexibility index (Phi) is 9.12. The molecule has 0 spiro atoms. The van der Waals surface area contributed by atoms with E-state index in [1.165, 1.54) is 24.3 Å². The van der Waals surface area contributed by atoms with Gasteiger partial charge in [0.15, 0.2) is 0 Å². The second kappa shape index (κ2) is 15.0. The second-order valence-electron chi connectivity index (χ2n) is 17.9. The first-order valence-electron chi connectivity index (χ1n) is 22.3. The van der Waals surface area contributed by atoms with Crippen molar-refractivity contribution in [1.29, 1.82) is 0 Å². The molecule has 0 amide bonds. The first-order chi connectivity index (χ1) is 32.8. The predicted octanol–water partition coefficient (Wildman–Crippen LogP) is 17.1. The van der Waals surface area contributed by atoms with Crippen LogP contribution in [0.2, 0.25) is 0 Å². The van der Waals surface area contributed by atoms with E-state index in [9.17, 15) is 0 Å². The summed E-state index contributed by atoms with van der Waals surface area (Å²) < 4.78 is 97.1. The van der Waals surface area contributed by atoms with Gasteiger partial charge < -0.3 is 13.7 Å². The van der Waals surface area contributed by atoms with Crippen molar-refractivity contribution in [3.05, 3.63) is 217 Å². The number of fused-ring (bicyclic) bond motifs is 9. The average Bonchev–Trinajstić information content (AvgIpc) is 3.99. The number of hydrogen-bond acceptors (Lipinski definition) is 0. The van der Waals surface area contributed by atoms with Crippen molar-refractivity contribution in [3.8, 4) is 33.6 Å². The summed E-state index contributed by atoms with van der Waals surface area (Å²) in [5, 5.41) is 5.64. The van der Waals surface area contributed by atoms with E-state index in [0.29, 0.717) is 28.1 Å². The molecule has 0 unspecified atom stereocenters. The predicted molar refractivity (Wildman–Crippen MR) is 264 cm³/mol. The molecule has 68 heavy (non-hydrogen) atoms. The second-order valence-corrected chi connectivity index (χ2v) is 17.9. The van der Waals surface area contributed by atoms with E-state index in [2.05, 4.69) is 13.7 Å². The van der Waals surface area contributed by atoms with E-state index in [0.717, 1.165) is 77.6 Å². The molecule has 12 rings (SSSR count). The Morgan fingerprint density at radius 3 is 0.941 bits per heavy atom. The molecule has 0 radical (unpaired) electrons. The van der Waals surface area contributed by atoms with Crippen LogP contribution in [0.5, 0.6) is 0 Å². The Morgan fingerprint density at radius 2 is 0.618 bits per heavy atom. The molecule has 3 heterocycles. The van der Waals surface area contributed by atoms with E-state index in [1.54, 1.807) is 12.1 Å². The van der Waals surface area contributed by atoms with Crippen LogP contribution in [-0.4, -0.2) is 13.7 Å². The summed E-state index contributed by atoms with van der Waals surface area (Å²) in [5.74, 6) is 0. The minimum Gasteiger partial charge on any atom is -0.331 e. The van der Waals surface area contributed by atoms with Gasteiger partial charge in [-0.2, -0.15) is 26.3 Å². The molecule has 0 atom stereocenters. The Balaban J connectivity index is 1.40. The Hall–Kier alpha value is -8.04. The van der Waals surface area contributed by atoms with Crippen molar-refractivity contribution in [2.75, 3.05) is 0 Å². The molecule has 0 saturated heterocycles. The van der Waals surface area contributed by atoms with Crippen molar-refractivity contribution in [3.63, 3.8) is 0 Å². The molecule has 0 N–H and O–H groups in total. The number of hydrogen-bond donors (Lipinski definition) is 0. The van der Waals surface area contributed by atoms with Gasteiger partial charge in [0.2, 0.25) is 0 Å². The largest absolute Gasteiger partial charge is 0.416 e. The lowest BCUT2D eigenvalue weighted by atomic mass is 9.78. The van der Waals surface area contributed by atoms with E-state index in [4.69, 9.17) is 0 Å². The lowest BCUT2D eigenvalue weighted by Gasteiger charge is -2.37. The van der Waals surface area contributed by atoms with Crippen LogP contribution in [-0.2, 0) is 17.9 Å². The van der Waals surface area contributed by atoms with Crippen LogP contribution in [0.4, 0.5) is 26.3 Å². The molecule has 0 aliphatic heterocycles. The Morgan fingerprint density at radius 1 is 0.324 bits per heavy atom. The van der Waals surface area contributed by atoms with E-state index >= 15 is 26.3 Å². The molecule has 0 aliphatic carbocycles. The van der Waals surface area contributed by atoms with Crippen molar-refractivity contribution in [2.45, 2.75) is 31.7 Å². The van der Waals surface area contributed by atoms with Gasteiger partial charge in [0, 0.05) is 54.5 Å². The monoisotopic (exact) mass is 903 g/mol. The number of rotatable bonds is 6. The van der Waals surface area contributed by atoms with Crippen LogP contribution in [0.1, 0.15) is 30.5 Å². The van der Waals surface area contributed by atoms with Crippen molar-refractivity contribution >= 4 is 65.4 Å². The van der Waals surface area contributed by atoms with Crippen molar-refractivity contribution in [2.24, 2.45) is 0 Å². The van der Waals surface area contributed by atoms with Gasteiger partial charge in [0.25, 0.3) is 0 Å². The SMILES string of the molecule is CC(C)(c1c(-c2cccc(C(F)(F)F)c2)c(-n2c3ccccc3c3ccccc32)cc(-n2c3ccccc3c3ccccc32)c1-c1cccc(C(F)(F)F)c1)n1c2ccccc2c2ccccc21. The summed E-state index contributed by atoms with van der Waals surface area (Å²) in [5.41, 5.74) is 5.02. The normalized spacial score (nSPS) is 12.7. The third-order valence-corrected chi connectivity index (χ3v) is 13.6. The zero-order valence-electron chi connectivity index (χ0n) is 36.7. The fraction of sp³-hybridized carbons (Fsp3) is 0.0847. The van der Waals surface area contributed by atoms with Crippen molar-refractivity contribution < 1.29 is 26.3 Å². The first kappa shape index (κ1) is 41.4. The smallest absolute Gasteiger partial charge is 0.331 e. The molecule has 3 nitrogen and oxygen atoms in total.